The first-order valence-corrected chi connectivity index (χ1v) is 54.2. The number of carbonyl (C=O) groups excluding carboxylic acids is 2. The average molecular weight is 1480 g/mol. The monoisotopic (exact) mass is 1480 g/mol. The summed E-state index contributed by atoms with van der Waals surface area (Å²) in [5.41, 5.74) is 0. The molecule has 12 nitrogen and oxygen atoms in total. The second-order valence-electron chi connectivity index (χ2n) is 37.8. The first kappa shape index (κ1) is 97.5. The van der Waals surface area contributed by atoms with Crippen LogP contribution in [0.5, 0.6) is 0 Å². The van der Waals surface area contributed by atoms with Gasteiger partial charge in [-0.15, -0.1) is 0 Å². The molecule has 100 heavy (non-hydrogen) atoms. The SMILES string of the molecule is CCCCCCCCC(CN(CCCCC(=O)OCCN1CC(C)N(CCOC(=O)CCCCN(CC(CCCCCCCC)O[Si](C)(C)C(C)(C)C)CC(CCCCCCCC)O[Si](C)(C)C(C)(C)C)CC1C)CC(CCCCCCCC)O[Si](C)(C)C(C)(C)C)O[Si](C)(C)C(C)(C)C. The van der Waals surface area contributed by atoms with E-state index >= 15 is 0 Å². The molecule has 1 fully saturated rings. The molecule has 1 heterocycles. The van der Waals surface area contributed by atoms with Gasteiger partial charge in [-0.1, -0.05) is 265 Å². The van der Waals surface area contributed by atoms with Gasteiger partial charge in [0.1, 0.15) is 13.2 Å². The highest BCUT2D eigenvalue weighted by Gasteiger charge is 2.44. The molecule has 0 spiro atoms. The second-order valence-corrected chi connectivity index (χ2v) is 56.8. The summed E-state index contributed by atoms with van der Waals surface area (Å²) >= 11 is 0. The highest BCUT2D eigenvalue weighted by Crippen LogP contribution is 2.42. The van der Waals surface area contributed by atoms with Gasteiger partial charge < -0.3 is 27.2 Å². The van der Waals surface area contributed by atoms with E-state index in [1.807, 2.05) is 0 Å². The van der Waals surface area contributed by atoms with E-state index in [9.17, 15) is 9.59 Å². The van der Waals surface area contributed by atoms with Gasteiger partial charge in [0.2, 0.25) is 0 Å². The zero-order chi connectivity index (χ0) is 75.7. The molecule has 1 rings (SSSR count). The van der Waals surface area contributed by atoms with Crippen LogP contribution in [0, 0.1) is 0 Å². The van der Waals surface area contributed by atoms with Crippen LogP contribution in [-0.4, -0.2) is 180 Å². The number of hydrogen-bond donors (Lipinski definition) is 0. The molecule has 6 unspecified atom stereocenters. The van der Waals surface area contributed by atoms with Crippen molar-refractivity contribution in [2.45, 2.75) is 452 Å². The van der Waals surface area contributed by atoms with Gasteiger partial charge in [-0.25, -0.2) is 0 Å². The van der Waals surface area contributed by atoms with E-state index in [1.54, 1.807) is 0 Å². The fourth-order valence-corrected chi connectivity index (χ4v) is 18.7. The predicted octanol–water partition coefficient (Wildman–Crippen LogP) is 24.0. The number of carbonyl (C=O) groups is 2. The minimum absolute atomic E-state index is 0.0901. The molecule has 6 atom stereocenters. The maximum atomic E-state index is 13.5. The Morgan fingerprint density at radius 1 is 0.350 bits per heavy atom. The van der Waals surface area contributed by atoms with Crippen LogP contribution in [0.4, 0.5) is 0 Å². The Morgan fingerprint density at radius 2 is 0.570 bits per heavy atom. The molecular formula is C84H176N4O8Si4. The summed E-state index contributed by atoms with van der Waals surface area (Å²) in [6, 6.07) is 0.594. The lowest BCUT2D eigenvalue weighted by Gasteiger charge is -2.44. The molecule has 0 saturated carbocycles. The number of piperazine rings is 1. The van der Waals surface area contributed by atoms with Crippen LogP contribution < -0.4 is 0 Å². The number of nitrogens with zero attached hydrogens (tertiary/aromatic N) is 4. The van der Waals surface area contributed by atoms with Crippen LogP contribution in [0.1, 0.15) is 343 Å². The van der Waals surface area contributed by atoms with Crippen molar-refractivity contribution in [2.75, 3.05) is 78.7 Å². The zero-order valence-electron chi connectivity index (χ0n) is 72.0. The molecule has 1 saturated heterocycles. The third kappa shape index (κ3) is 42.9. The van der Waals surface area contributed by atoms with Gasteiger partial charge in [-0.3, -0.25) is 29.2 Å². The van der Waals surface area contributed by atoms with Crippen molar-refractivity contribution >= 4 is 45.2 Å². The molecular weight excluding hydrogens is 1310 g/mol. The minimum atomic E-state index is -2.03. The standard InChI is InChI=1S/C84H176N4O8Si4/c1-27-31-35-39-43-47-55-75(93-97(19,20)81(7,8)9)69-85(70-76(56-48-44-40-36-32-28-2)94-98(21,22)82(10,11)12)61-53-51-59-79(89)91-65-63-87-67-74(6)88(68-73(87)5)64-66-92-80(90)60-52-54-62-86(71-77(57-49-45-41-37-33-29-3)95-99(23,24)83(13,14)15)72-78(58-50-46-42-38-34-30-4)96-100(25,26)84(16,17)18/h73-78H,27-72H2,1-26H3. The second kappa shape index (κ2) is 51.0. The minimum Gasteiger partial charge on any atom is -0.464 e. The summed E-state index contributed by atoms with van der Waals surface area (Å²) in [6.07, 6.45) is 40.3. The summed E-state index contributed by atoms with van der Waals surface area (Å²) in [5, 5.41) is 0.543. The summed E-state index contributed by atoms with van der Waals surface area (Å²) in [7, 11) is -8.13. The average Bonchev–Trinajstić information content (AvgIpc) is 0.851. The fourth-order valence-electron chi connectivity index (χ4n) is 13.2. The molecule has 0 radical (unpaired) electrons. The van der Waals surface area contributed by atoms with Crippen LogP contribution in [0.2, 0.25) is 72.5 Å². The molecule has 1 aliphatic heterocycles. The lowest BCUT2D eigenvalue weighted by atomic mass is 10.1. The van der Waals surface area contributed by atoms with Crippen LogP contribution in [-0.2, 0) is 36.8 Å². The first-order chi connectivity index (χ1) is 46.6. The Balaban J connectivity index is 3.07. The predicted molar refractivity (Wildman–Crippen MR) is 445 cm³/mol. The van der Waals surface area contributed by atoms with Gasteiger partial charge in [0.15, 0.2) is 33.3 Å². The Bertz CT molecular complexity index is 1810. The number of esters is 2. The van der Waals surface area contributed by atoms with Crippen LogP contribution in [0.15, 0.2) is 0 Å². The molecule has 0 aromatic rings. The van der Waals surface area contributed by atoms with Crippen molar-refractivity contribution < 1.29 is 36.8 Å². The summed E-state index contributed by atoms with van der Waals surface area (Å²) in [5.74, 6) is -0.180. The highest BCUT2D eigenvalue weighted by atomic mass is 28.4. The van der Waals surface area contributed by atoms with Gasteiger partial charge >= 0.3 is 11.9 Å². The number of unbranched alkanes of at least 4 members (excludes halogenated alkanes) is 22. The van der Waals surface area contributed by atoms with Crippen molar-refractivity contribution in [1.29, 1.82) is 0 Å². The Hall–Kier alpha value is -0.512. The van der Waals surface area contributed by atoms with Crippen LogP contribution in [0.3, 0.4) is 0 Å². The van der Waals surface area contributed by atoms with E-state index in [4.69, 9.17) is 27.2 Å². The number of hydrogen-bond acceptors (Lipinski definition) is 12. The van der Waals surface area contributed by atoms with E-state index < -0.39 is 33.3 Å². The molecule has 596 valence electrons. The van der Waals surface area contributed by atoms with E-state index in [-0.39, 0.29) is 56.5 Å². The van der Waals surface area contributed by atoms with E-state index in [0.717, 1.165) is 117 Å². The van der Waals surface area contributed by atoms with Crippen LogP contribution >= 0.6 is 0 Å². The molecule has 0 amide bonds. The van der Waals surface area contributed by atoms with E-state index in [1.165, 1.54) is 154 Å². The summed E-state index contributed by atoms with van der Waals surface area (Å²) in [4.78, 5) is 37.3. The lowest BCUT2D eigenvalue weighted by molar-refractivity contribution is -0.146. The number of rotatable bonds is 60. The lowest BCUT2D eigenvalue weighted by Crippen LogP contribution is -2.57. The third-order valence-corrected chi connectivity index (χ3v) is 42.3. The van der Waals surface area contributed by atoms with Gasteiger partial charge in [0, 0.05) is 77.3 Å². The quantitative estimate of drug-likeness (QED) is 0.0329. The molecule has 0 aliphatic carbocycles. The van der Waals surface area contributed by atoms with Crippen molar-refractivity contribution in [3.8, 4) is 0 Å². The molecule has 0 N–H and O–H groups in total. The van der Waals surface area contributed by atoms with Crippen molar-refractivity contribution in [3.05, 3.63) is 0 Å². The smallest absolute Gasteiger partial charge is 0.305 e. The first-order valence-electron chi connectivity index (χ1n) is 42.6. The Labute approximate surface area is 628 Å². The largest absolute Gasteiger partial charge is 0.464 e. The van der Waals surface area contributed by atoms with Gasteiger partial charge in [-0.2, -0.15) is 0 Å². The molecule has 0 aromatic heterocycles. The van der Waals surface area contributed by atoms with E-state index in [0.29, 0.717) is 38.1 Å². The zero-order valence-corrected chi connectivity index (χ0v) is 76.0. The topological polar surface area (TPSA) is 102 Å². The maximum Gasteiger partial charge on any atom is 0.305 e. The van der Waals surface area contributed by atoms with Gasteiger partial charge in [0.25, 0.3) is 0 Å². The summed E-state index contributed by atoms with van der Waals surface area (Å²) < 4.78 is 41.5. The van der Waals surface area contributed by atoms with Crippen LogP contribution in [0.25, 0.3) is 0 Å². The van der Waals surface area contributed by atoms with Gasteiger partial charge in [-0.05, 0) is 151 Å². The van der Waals surface area contributed by atoms with Gasteiger partial charge in [0.05, 0.1) is 24.4 Å². The fraction of sp³-hybridized carbons (Fsp3) is 0.976. The highest BCUT2D eigenvalue weighted by molar-refractivity contribution is 6.75. The molecule has 0 aromatic carbocycles. The molecule has 16 heteroatoms. The van der Waals surface area contributed by atoms with Crippen molar-refractivity contribution in [3.63, 3.8) is 0 Å². The van der Waals surface area contributed by atoms with E-state index in [2.05, 4.69) is 197 Å². The molecule has 1 aliphatic rings. The third-order valence-electron chi connectivity index (χ3n) is 24.2. The Kier molecular flexibility index (Phi) is 49.7. The van der Waals surface area contributed by atoms with Crippen molar-refractivity contribution in [2.24, 2.45) is 0 Å². The van der Waals surface area contributed by atoms with Crippen molar-refractivity contribution in [1.82, 2.24) is 19.6 Å². The number of ether oxygens (including phenoxy) is 2. The summed E-state index contributed by atoms with van der Waals surface area (Å²) in [6.45, 7) is 71.2. The maximum absolute atomic E-state index is 13.5. The molecule has 0 bridgehead atoms. The normalized spacial score (nSPS) is 17.4. The Morgan fingerprint density at radius 3 is 0.790 bits per heavy atom.